The van der Waals surface area contributed by atoms with E-state index in [4.69, 9.17) is 0 Å². The molecule has 1 aromatic rings. The van der Waals surface area contributed by atoms with Crippen LogP contribution >= 0.6 is 0 Å². The van der Waals surface area contributed by atoms with Crippen LogP contribution < -0.4 is 5.32 Å². The molecule has 94 valence electrons. The number of nitrogens with one attached hydrogen (secondary N) is 1. The number of hydrogen-bond acceptors (Lipinski definition) is 1. The first-order chi connectivity index (χ1) is 8.40. The molecule has 18 heavy (non-hydrogen) atoms. The van der Waals surface area contributed by atoms with Crippen LogP contribution in [0.1, 0.15) is 25.0 Å². The van der Waals surface area contributed by atoms with Gasteiger partial charge >= 0.3 is 0 Å². The molecule has 0 unspecified atom stereocenters. The molecule has 0 amide bonds. The summed E-state index contributed by atoms with van der Waals surface area (Å²) in [5.74, 6) is 0. The van der Waals surface area contributed by atoms with Gasteiger partial charge < -0.3 is 5.32 Å². The van der Waals surface area contributed by atoms with Gasteiger partial charge in [-0.05, 0) is 38.0 Å². The molecule has 0 saturated carbocycles. The summed E-state index contributed by atoms with van der Waals surface area (Å²) < 4.78 is 0. The predicted molar refractivity (Wildman–Crippen MR) is 81.1 cm³/mol. The van der Waals surface area contributed by atoms with Crippen molar-refractivity contribution in [3.8, 4) is 0 Å². The molecule has 1 N–H and O–H groups in total. The summed E-state index contributed by atoms with van der Waals surface area (Å²) in [5, 5.41) is 3.14. The second-order valence-electron chi connectivity index (χ2n) is 4.63. The Morgan fingerprint density at radius 1 is 1.06 bits per heavy atom. The zero-order valence-electron chi connectivity index (χ0n) is 11.5. The van der Waals surface area contributed by atoms with Gasteiger partial charge in [0.1, 0.15) is 0 Å². The minimum atomic E-state index is 0.829. The number of benzene rings is 1. The van der Waals surface area contributed by atoms with Gasteiger partial charge in [-0.15, -0.1) is 0 Å². The third-order valence-corrected chi connectivity index (χ3v) is 2.54. The molecule has 0 atom stereocenters. The van der Waals surface area contributed by atoms with Crippen molar-refractivity contribution >= 4 is 6.08 Å². The van der Waals surface area contributed by atoms with E-state index in [-0.39, 0.29) is 0 Å². The first-order valence-electron chi connectivity index (χ1n) is 5.96. The van der Waals surface area contributed by atoms with Gasteiger partial charge in [0, 0.05) is 17.0 Å². The molecule has 0 fully saturated rings. The lowest BCUT2D eigenvalue weighted by atomic mass is 10.0. The molecule has 1 heteroatoms. The molecule has 0 bridgehead atoms. The van der Waals surface area contributed by atoms with Gasteiger partial charge in [-0.25, -0.2) is 0 Å². The van der Waals surface area contributed by atoms with Crippen molar-refractivity contribution in [2.45, 2.75) is 20.8 Å². The lowest BCUT2D eigenvalue weighted by Crippen LogP contribution is -2.11. The fraction of sp³-hybridized carbons (Fsp3) is 0.176. The highest BCUT2D eigenvalue weighted by Crippen LogP contribution is 2.19. The van der Waals surface area contributed by atoms with E-state index >= 15 is 0 Å². The summed E-state index contributed by atoms with van der Waals surface area (Å²) in [6.07, 6.45) is 2.08. The van der Waals surface area contributed by atoms with Gasteiger partial charge in [-0.3, -0.25) is 0 Å². The Morgan fingerprint density at radius 3 is 2.06 bits per heavy atom. The average molecular weight is 239 g/mol. The van der Waals surface area contributed by atoms with E-state index in [0.29, 0.717) is 0 Å². The van der Waals surface area contributed by atoms with Gasteiger partial charge in [0.05, 0.1) is 0 Å². The molecule has 0 spiro atoms. The van der Waals surface area contributed by atoms with E-state index in [1.807, 2.05) is 13.8 Å². The Hall–Kier alpha value is -2.02. The van der Waals surface area contributed by atoms with E-state index in [1.165, 1.54) is 5.56 Å². The Labute approximate surface area is 110 Å². The molecular formula is C17H21N. The Kier molecular flexibility index (Phi) is 4.73. The maximum Gasteiger partial charge on any atom is 0.0384 e. The van der Waals surface area contributed by atoms with Crippen molar-refractivity contribution in [2.24, 2.45) is 0 Å². The first kappa shape index (κ1) is 14.0. The Morgan fingerprint density at radius 2 is 1.61 bits per heavy atom. The lowest BCUT2D eigenvalue weighted by Gasteiger charge is -2.13. The van der Waals surface area contributed by atoms with E-state index in [2.05, 4.69) is 62.3 Å². The fourth-order valence-electron chi connectivity index (χ4n) is 1.62. The third kappa shape index (κ3) is 4.10. The molecule has 0 saturated heterocycles. The summed E-state index contributed by atoms with van der Waals surface area (Å²) in [6.45, 7) is 17.8. The molecular weight excluding hydrogens is 218 g/mol. The van der Waals surface area contributed by atoms with Crippen molar-refractivity contribution < 1.29 is 0 Å². The maximum absolute atomic E-state index is 4.03. The van der Waals surface area contributed by atoms with Crippen LogP contribution in [0.5, 0.6) is 0 Å². The average Bonchev–Trinajstić information content (AvgIpc) is 2.26. The normalized spacial score (nSPS) is 10.9. The summed E-state index contributed by atoms with van der Waals surface area (Å²) in [6, 6.07) is 8.37. The van der Waals surface area contributed by atoms with E-state index in [9.17, 15) is 0 Å². The van der Waals surface area contributed by atoms with Crippen molar-refractivity contribution in [1.82, 2.24) is 5.32 Å². The second-order valence-corrected chi connectivity index (χ2v) is 4.63. The maximum atomic E-state index is 4.03. The number of aryl methyl sites for hydroxylation is 1. The summed E-state index contributed by atoms with van der Waals surface area (Å²) in [4.78, 5) is 0. The molecule has 0 heterocycles. The monoisotopic (exact) mass is 239 g/mol. The van der Waals surface area contributed by atoms with Gasteiger partial charge in [0.25, 0.3) is 0 Å². The molecule has 1 rings (SSSR count). The number of allylic oxidation sites excluding steroid dienone is 2. The van der Waals surface area contributed by atoms with Crippen LogP contribution in [-0.2, 0) is 0 Å². The second kappa shape index (κ2) is 6.06. The van der Waals surface area contributed by atoms with Crippen LogP contribution in [0, 0.1) is 6.92 Å². The topological polar surface area (TPSA) is 12.0 Å². The van der Waals surface area contributed by atoms with E-state index in [0.717, 1.165) is 28.1 Å². The molecule has 0 aliphatic heterocycles. The van der Waals surface area contributed by atoms with Crippen molar-refractivity contribution in [3.05, 3.63) is 77.7 Å². The summed E-state index contributed by atoms with van der Waals surface area (Å²) in [7, 11) is 0. The Bertz CT molecular complexity index is 501. The minimum Gasteiger partial charge on any atom is -0.360 e. The quantitative estimate of drug-likeness (QED) is 0.741. The largest absolute Gasteiger partial charge is 0.360 e. The molecule has 0 radical (unpaired) electrons. The zero-order chi connectivity index (χ0) is 13.7. The fourth-order valence-corrected chi connectivity index (χ4v) is 1.62. The van der Waals surface area contributed by atoms with Crippen LogP contribution in [0.15, 0.2) is 66.5 Å². The van der Waals surface area contributed by atoms with Crippen molar-refractivity contribution in [2.75, 3.05) is 0 Å². The van der Waals surface area contributed by atoms with Crippen LogP contribution in [0.2, 0.25) is 0 Å². The van der Waals surface area contributed by atoms with Crippen molar-refractivity contribution in [1.29, 1.82) is 0 Å². The number of rotatable bonds is 5. The van der Waals surface area contributed by atoms with E-state index < -0.39 is 0 Å². The molecule has 0 aromatic heterocycles. The lowest BCUT2D eigenvalue weighted by molar-refractivity contribution is 0.996. The van der Waals surface area contributed by atoms with Crippen molar-refractivity contribution in [3.63, 3.8) is 0 Å². The first-order valence-corrected chi connectivity index (χ1v) is 5.96. The SMILES string of the molecule is C=C(C)NC(=C)/C(=C\c1ccc(C)cc1)C(=C)C. The summed E-state index contributed by atoms with van der Waals surface area (Å²) >= 11 is 0. The zero-order valence-corrected chi connectivity index (χ0v) is 11.5. The Balaban J connectivity index is 3.05. The highest BCUT2D eigenvalue weighted by atomic mass is 14.9. The van der Waals surface area contributed by atoms with Gasteiger partial charge in [0.15, 0.2) is 0 Å². The third-order valence-electron chi connectivity index (χ3n) is 2.54. The van der Waals surface area contributed by atoms with Crippen LogP contribution in [-0.4, -0.2) is 0 Å². The van der Waals surface area contributed by atoms with Crippen LogP contribution in [0.4, 0.5) is 0 Å². The molecule has 0 aliphatic rings. The number of hydrogen-bond donors (Lipinski definition) is 1. The molecule has 1 nitrogen and oxygen atoms in total. The molecule has 0 aliphatic carbocycles. The van der Waals surface area contributed by atoms with Gasteiger partial charge in [-0.2, -0.15) is 0 Å². The predicted octanol–water partition coefficient (Wildman–Crippen LogP) is 4.59. The van der Waals surface area contributed by atoms with Crippen LogP contribution in [0.3, 0.4) is 0 Å². The molecule has 1 aromatic carbocycles. The highest BCUT2D eigenvalue weighted by Gasteiger charge is 2.04. The van der Waals surface area contributed by atoms with Gasteiger partial charge in [0.2, 0.25) is 0 Å². The van der Waals surface area contributed by atoms with Gasteiger partial charge in [-0.1, -0.05) is 49.6 Å². The van der Waals surface area contributed by atoms with Crippen LogP contribution in [0.25, 0.3) is 6.08 Å². The smallest absolute Gasteiger partial charge is 0.0384 e. The minimum absolute atomic E-state index is 0.829. The standard InChI is InChI=1S/C17H21N/c1-12(2)17(15(6)18-13(3)4)11-16-9-7-14(5)8-10-16/h7-11,18H,1,3,6H2,2,4-5H3/b17-11-. The summed E-state index contributed by atoms with van der Waals surface area (Å²) in [5.41, 5.74) is 6.09. The highest BCUT2D eigenvalue weighted by molar-refractivity contribution is 5.64. The van der Waals surface area contributed by atoms with E-state index in [1.54, 1.807) is 0 Å².